The van der Waals surface area contributed by atoms with Gasteiger partial charge in [-0.1, -0.05) is 59.3 Å². The normalized spacial score (nSPS) is 12.0. The first-order valence-electron chi connectivity index (χ1n) is 8.91. The number of carbonyl (C=O) groups is 1. The highest BCUT2D eigenvalue weighted by atomic mass is 32.2. The Balaban J connectivity index is 1.66. The number of rotatable bonds is 6. The van der Waals surface area contributed by atoms with Crippen LogP contribution in [0.25, 0.3) is 5.69 Å². The molecule has 0 spiro atoms. The molecule has 1 N–H and O–H groups in total. The second kappa shape index (κ2) is 8.39. The van der Waals surface area contributed by atoms with Gasteiger partial charge in [0.25, 0.3) is 0 Å². The first-order valence-corrected chi connectivity index (χ1v) is 9.79. The third-order valence-corrected chi connectivity index (χ3v) is 5.42. The van der Waals surface area contributed by atoms with Crippen molar-refractivity contribution in [1.29, 1.82) is 0 Å². The van der Waals surface area contributed by atoms with Crippen molar-refractivity contribution in [3.8, 4) is 5.69 Å². The van der Waals surface area contributed by atoms with Crippen LogP contribution in [0.2, 0.25) is 0 Å². The number of carbonyl (C=O) groups excluding carboxylic acids is 1. The lowest BCUT2D eigenvalue weighted by atomic mass is 10.1. The Kier molecular flexibility index (Phi) is 5.96. The summed E-state index contributed by atoms with van der Waals surface area (Å²) in [6.07, 6.45) is 1.69. The third kappa shape index (κ3) is 4.77. The minimum atomic E-state index is -0.274. The Morgan fingerprint density at radius 1 is 1.11 bits per heavy atom. The number of hydrogen-bond acceptors (Lipinski definition) is 4. The predicted molar refractivity (Wildman–Crippen MR) is 109 cm³/mol. The van der Waals surface area contributed by atoms with Crippen LogP contribution < -0.4 is 5.32 Å². The highest BCUT2D eigenvalue weighted by Gasteiger charge is 2.18. The lowest BCUT2D eigenvalue weighted by Crippen LogP contribution is -2.30. The highest BCUT2D eigenvalue weighted by Crippen LogP contribution is 2.25. The van der Waals surface area contributed by atoms with Gasteiger partial charge >= 0.3 is 0 Å². The Morgan fingerprint density at radius 3 is 2.52 bits per heavy atom. The van der Waals surface area contributed by atoms with E-state index in [1.165, 1.54) is 22.9 Å². The summed E-state index contributed by atoms with van der Waals surface area (Å²) in [7, 11) is 0. The van der Waals surface area contributed by atoms with Crippen molar-refractivity contribution in [2.75, 3.05) is 0 Å². The number of aromatic nitrogens is 3. The summed E-state index contributed by atoms with van der Waals surface area (Å²) in [4.78, 5) is 12.5. The molecular weight excluding hydrogens is 356 g/mol. The van der Waals surface area contributed by atoms with E-state index in [1.807, 2.05) is 42.7 Å². The van der Waals surface area contributed by atoms with Crippen molar-refractivity contribution in [1.82, 2.24) is 20.1 Å². The fraction of sp³-hybridized carbons (Fsp3) is 0.286. The molecule has 2 aromatic carbocycles. The van der Waals surface area contributed by atoms with E-state index >= 15 is 0 Å². The summed E-state index contributed by atoms with van der Waals surface area (Å²) in [5.74, 6) is -0.0178. The van der Waals surface area contributed by atoms with E-state index in [4.69, 9.17) is 0 Å². The van der Waals surface area contributed by atoms with Crippen LogP contribution in [-0.4, -0.2) is 25.9 Å². The molecule has 1 amide bonds. The van der Waals surface area contributed by atoms with Gasteiger partial charge in [0.15, 0.2) is 5.16 Å². The van der Waals surface area contributed by atoms with Gasteiger partial charge in [-0.25, -0.2) is 0 Å². The van der Waals surface area contributed by atoms with Crippen molar-refractivity contribution in [3.05, 3.63) is 71.0 Å². The molecule has 3 rings (SSSR count). The first-order chi connectivity index (χ1) is 12.9. The predicted octanol–water partition coefficient (Wildman–Crippen LogP) is 3.99. The molecule has 1 atom stereocenters. The number of aryl methyl sites for hydroxylation is 3. The number of nitrogens with one attached hydrogen (secondary N) is 1. The molecule has 1 heterocycles. The van der Waals surface area contributed by atoms with Crippen molar-refractivity contribution in [2.45, 2.75) is 44.6 Å². The van der Waals surface area contributed by atoms with Gasteiger partial charge < -0.3 is 5.32 Å². The van der Waals surface area contributed by atoms with Crippen molar-refractivity contribution < 1.29 is 4.79 Å². The third-order valence-electron chi connectivity index (χ3n) is 4.37. The SMILES string of the molecule is Cc1ccc(CNC(=O)C(C)Sc2nncn2-c2ccc(C)cc2C)cc1. The number of thioether (sulfide) groups is 1. The van der Waals surface area contributed by atoms with Crippen LogP contribution in [0, 0.1) is 20.8 Å². The highest BCUT2D eigenvalue weighted by molar-refractivity contribution is 8.00. The van der Waals surface area contributed by atoms with Crippen molar-refractivity contribution in [3.63, 3.8) is 0 Å². The largest absolute Gasteiger partial charge is 0.351 e. The lowest BCUT2D eigenvalue weighted by Gasteiger charge is -2.14. The molecule has 0 aliphatic carbocycles. The molecular formula is C21H24N4OS. The van der Waals surface area contributed by atoms with E-state index in [1.54, 1.807) is 6.33 Å². The van der Waals surface area contributed by atoms with Crippen LogP contribution in [0.5, 0.6) is 0 Å². The molecule has 0 aliphatic rings. The molecule has 1 unspecified atom stereocenters. The topological polar surface area (TPSA) is 59.8 Å². The molecule has 1 aromatic heterocycles. The molecule has 0 bridgehead atoms. The first kappa shape index (κ1) is 19.2. The monoisotopic (exact) mass is 380 g/mol. The zero-order valence-corrected chi connectivity index (χ0v) is 16.9. The van der Waals surface area contributed by atoms with Gasteiger partial charge in [0.2, 0.25) is 5.91 Å². The van der Waals surface area contributed by atoms with Gasteiger partial charge in [0.1, 0.15) is 6.33 Å². The maximum Gasteiger partial charge on any atom is 0.233 e. The van der Waals surface area contributed by atoms with Gasteiger partial charge in [-0.15, -0.1) is 10.2 Å². The van der Waals surface area contributed by atoms with Crippen LogP contribution in [-0.2, 0) is 11.3 Å². The van der Waals surface area contributed by atoms with Crippen LogP contribution in [0.1, 0.15) is 29.2 Å². The second-order valence-corrected chi connectivity index (χ2v) is 8.04. The Bertz CT molecular complexity index is 934. The summed E-state index contributed by atoms with van der Waals surface area (Å²) >= 11 is 1.41. The number of benzene rings is 2. The quantitative estimate of drug-likeness (QED) is 0.657. The summed E-state index contributed by atoms with van der Waals surface area (Å²) in [5, 5.41) is 11.7. The number of hydrogen-bond donors (Lipinski definition) is 1. The maximum absolute atomic E-state index is 12.5. The molecule has 0 aliphatic heterocycles. The maximum atomic E-state index is 12.5. The van der Waals surface area contributed by atoms with E-state index in [2.05, 4.69) is 47.6 Å². The molecule has 6 heteroatoms. The van der Waals surface area contributed by atoms with Crippen LogP contribution in [0.15, 0.2) is 53.9 Å². The van der Waals surface area contributed by atoms with E-state index in [0.29, 0.717) is 11.7 Å². The van der Waals surface area contributed by atoms with E-state index < -0.39 is 0 Å². The molecule has 5 nitrogen and oxygen atoms in total. The van der Waals surface area contributed by atoms with Crippen LogP contribution in [0.3, 0.4) is 0 Å². The summed E-state index contributed by atoms with van der Waals surface area (Å²) in [5.41, 5.74) is 5.68. The van der Waals surface area contributed by atoms with Gasteiger partial charge in [-0.3, -0.25) is 9.36 Å². The van der Waals surface area contributed by atoms with Gasteiger partial charge in [-0.05, 0) is 44.9 Å². The van der Waals surface area contributed by atoms with Gasteiger partial charge in [-0.2, -0.15) is 0 Å². The molecule has 140 valence electrons. The van der Waals surface area contributed by atoms with Gasteiger partial charge in [0, 0.05) is 6.54 Å². The molecule has 0 saturated heterocycles. The minimum Gasteiger partial charge on any atom is -0.351 e. The fourth-order valence-electron chi connectivity index (χ4n) is 2.80. The number of nitrogens with zero attached hydrogens (tertiary/aromatic N) is 3. The summed E-state index contributed by atoms with van der Waals surface area (Å²) in [6.45, 7) is 8.59. The summed E-state index contributed by atoms with van der Waals surface area (Å²) < 4.78 is 1.93. The Morgan fingerprint density at radius 2 is 1.81 bits per heavy atom. The molecule has 27 heavy (non-hydrogen) atoms. The van der Waals surface area contributed by atoms with E-state index in [9.17, 15) is 4.79 Å². The molecule has 0 radical (unpaired) electrons. The van der Waals surface area contributed by atoms with Crippen molar-refractivity contribution in [2.24, 2.45) is 0 Å². The Labute approximate surface area is 164 Å². The zero-order chi connectivity index (χ0) is 19.4. The molecule has 0 fully saturated rings. The minimum absolute atomic E-state index is 0.0178. The standard InChI is InChI=1S/C21H24N4OS/c1-14-5-8-18(9-6-14)12-22-20(26)17(4)27-21-24-23-13-25(21)19-10-7-15(2)11-16(19)3/h5-11,13,17H,12H2,1-4H3,(H,22,26). The summed E-state index contributed by atoms with van der Waals surface area (Å²) in [6, 6.07) is 14.4. The van der Waals surface area contributed by atoms with E-state index in [-0.39, 0.29) is 11.2 Å². The van der Waals surface area contributed by atoms with Crippen LogP contribution >= 0.6 is 11.8 Å². The lowest BCUT2D eigenvalue weighted by molar-refractivity contribution is -0.120. The van der Waals surface area contributed by atoms with Crippen molar-refractivity contribution >= 4 is 17.7 Å². The van der Waals surface area contributed by atoms with E-state index in [0.717, 1.165) is 16.8 Å². The zero-order valence-electron chi connectivity index (χ0n) is 16.1. The van der Waals surface area contributed by atoms with Crippen LogP contribution in [0.4, 0.5) is 0 Å². The average Bonchev–Trinajstić information content (AvgIpc) is 3.08. The molecule has 3 aromatic rings. The smallest absolute Gasteiger partial charge is 0.233 e. The van der Waals surface area contributed by atoms with Gasteiger partial charge in [0.05, 0.1) is 10.9 Å². The molecule has 0 saturated carbocycles. The Hall–Kier alpha value is -2.60. The average molecular weight is 381 g/mol. The number of amides is 1. The fourth-order valence-corrected chi connectivity index (χ4v) is 3.66. The second-order valence-electron chi connectivity index (χ2n) is 6.74.